The van der Waals surface area contributed by atoms with Crippen molar-refractivity contribution in [2.75, 3.05) is 45.8 Å². The first-order valence-corrected chi connectivity index (χ1v) is 11.2. The van der Waals surface area contributed by atoms with Gasteiger partial charge in [-0.3, -0.25) is 9.69 Å². The van der Waals surface area contributed by atoms with Crippen LogP contribution in [0.2, 0.25) is 0 Å². The molecule has 3 rings (SSSR count). The number of aliphatic imine (C=N–C) groups is 1. The predicted molar refractivity (Wildman–Crippen MR) is 112 cm³/mol. The molecule has 2 fully saturated rings. The zero-order valence-electron chi connectivity index (χ0n) is 16.5. The number of carbonyl (C=O) groups is 1. The number of thiophene rings is 1. The lowest BCUT2D eigenvalue weighted by molar-refractivity contribution is -0.130. The van der Waals surface area contributed by atoms with Crippen LogP contribution in [0.1, 0.15) is 49.9 Å². The number of guanidine groups is 1. The van der Waals surface area contributed by atoms with E-state index in [-0.39, 0.29) is 12.5 Å². The zero-order chi connectivity index (χ0) is 18.9. The van der Waals surface area contributed by atoms with Gasteiger partial charge in [-0.05, 0) is 63.6 Å². The summed E-state index contributed by atoms with van der Waals surface area (Å²) in [5.41, 5.74) is 0. The van der Waals surface area contributed by atoms with Gasteiger partial charge in [0.25, 0.3) is 0 Å². The van der Waals surface area contributed by atoms with Gasteiger partial charge in [-0.25, -0.2) is 4.99 Å². The number of nitrogens with one attached hydrogen (secondary N) is 2. The minimum absolute atomic E-state index is 0.140. The molecule has 1 aromatic heterocycles. The number of hydrogen-bond acceptors (Lipinski definition) is 4. The zero-order valence-corrected chi connectivity index (χ0v) is 17.3. The van der Waals surface area contributed by atoms with Crippen LogP contribution in [-0.4, -0.2) is 67.5 Å². The van der Waals surface area contributed by atoms with Gasteiger partial charge in [0, 0.05) is 31.1 Å². The van der Waals surface area contributed by atoms with Crippen molar-refractivity contribution in [3.63, 3.8) is 0 Å². The van der Waals surface area contributed by atoms with Crippen molar-refractivity contribution in [3.05, 3.63) is 22.4 Å². The summed E-state index contributed by atoms with van der Waals surface area (Å²) in [5, 5.41) is 8.91. The summed E-state index contributed by atoms with van der Waals surface area (Å²) in [6, 6.07) is 4.72. The molecule has 150 valence electrons. The van der Waals surface area contributed by atoms with E-state index in [1.54, 1.807) is 0 Å². The molecule has 7 heteroatoms. The third-order valence-corrected chi connectivity index (χ3v) is 6.31. The van der Waals surface area contributed by atoms with E-state index in [0.29, 0.717) is 6.04 Å². The molecule has 1 aromatic rings. The Morgan fingerprint density at radius 1 is 1.15 bits per heavy atom. The summed E-state index contributed by atoms with van der Waals surface area (Å²) in [6.45, 7) is 7.96. The minimum Gasteiger partial charge on any atom is -0.357 e. The molecule has 0 radical (unpaired) electrons. The van der Waals surface area contributed by atoms with Gasteiger partial charge in [0.2, 0.25) is 5.91 Å². The van der Waals surface area contributed by atoms with E-state index in [4.69, 9.17) is 0 Å². The molecule has 2 aliphatic heterocycles. The molecule has 2 N–H and O–H groups in total. The molecule has 3 heterocycles. The summed E-state index contributed by atoms with van der Waals surface area (Å²) in [5.74, 6) is 0.880. The number of likely N-dealkylation sites (tertiary alicyclic amines) is 2. The van der Waals surface area contributed by atoms with Gasteiger partial charge in [-0.2, -0.15) is 0 Å². The summed E-state index contributed by atoms with van der Waals surface area (Å²) < 4.78 is 0. The summed E-state index contributed by atoms with van der Waals surface area (Å²) in [4.78, 5) is 22.9. The van der Waals surface area contributed by atoms with Crippen LogP contribution in [0.15, 0.2) is 22.5 Å². The van der Waals surface area contributed by atoms with Crippen LogP contribution in [0.25, 0.3) is 0 Å². The first-order valence-electron chi connectivity index (χ1n) is 10.4. The number of rotatable bonds is 7. The van der Waals surface area contributed by atoms with Crippen molar-refractivity contribution in [1.82, 2.24) is 20.4 Å². The molecule has 0 aliphatic carbocycles. The number of carbonyl (C=O) groups excluding carboxylic acids is 1. The molecular weight excluding hydrogens is 358 g/mol. The summed E-state index contributed by atoms with van der Waals surface area (Å²) in [6.07, 6.45) is 6.02. The molecule has 0 spiro atoms. The van der Waals surface area contributed by atoms with Crippen molar-refractivity contribution in [2.45, 2.75) is 45.1 Å². The summed E-state index contributed by atoms with van der Waals surface area (Å²) in [7, 11) is 0. The quantitative estimate of drug-likeness (QED) is 0.554. The highest BCUT2D eigenvalue weighted by molar-refractivity contribution is 7.10. The van der Waals surface area contributed by atoms with Crippen molar-refractivity contribution in [2.24, 2.45) is 4.99 Å². The first kappa shape index (κ1) is 20.1. The molecule has 1 amide bonds. The van der Waals surface area contributed by atoms with E-state index in [1.807, 2.05) is 16.2 Å². The van der Waals surface area contributed by atoms with E-state index in [1.165, 1.54) is 24.1 Å². The normalized spacial score (nSPS) is 19.9. The maximum atomic E-state index is 12.4. The molecule has 0 saturated carbocycles. The van der Waals surface area contributed by atoms with Crippen molar-refractivity contribution in [1.29, 1.82) is 0 Å². The molecule has 27 heavy (non-hydrogen) atoms. The SMILES string of the molecule is CCNC(=NCC(=O)N1CCCCC1)NCC(c1cccs1)N1CCCC1. The van der Waals surface area contributed by atoms with Crippen LogP contribution >= 0.6 is 11.3 Å². The fraction of sp³-hybridized carbons (Fsp3) is 0.700. The predicted octanol–water partition coefficient (Wildman–Crippen LogP) is 2.45. The molecule has 2 saturated heterocycles. The van der Waals surface area contributed by atoms with Crippen molar-refractivity contribution >= 4 is 23.2 Å². The number of amides is 1. The molecular formula is C20H33N5OS. The van der Waals surface area contributed by atoms with Crippen LogP contribution in [0.5, 0.6) is 0 Å². The van der Waals surface area contributed by atoms with Crippen molar-refractivity contribution in [3.8, 4) is 0 Å². The Morgan fingerprint density at radius 3 is 2.56 bits per heavy atom. The van der Waals surface area contributed by atoms with Crippen LogP contribution < -0.4 is 10.6 Å². The van der Waals surface area contributed by atoms with Gasteiger partial charge >= 0.3 is 0 Å². The Morgan fingerprint density at radius 2 is 1.89 bits per heavy atom. The Hall–Kier alpha value is -1.60. The molecule has 1 unspecified atom stereocenters. The lowest BCUT2D eigenvalue weighted by Crippen LogP contribution is -2.43. The average molecular weight is 392 g/mol. The molecule has 2 aliphatic rings. The second kappa shape index (κ2) is 10.7. The fourth-order valence-electron chi connectivity index (χ4n) is 3.87. The fourth-order valence-corrected chi connectivity index (χ4v) is 4.73. The van der Waals surface area contributed by atoms with E-state index in [9.17, 15) is 4.79 Å². The minimum atomic E-state index is 0.140. The smallest absolute Gasteiger partial charge is 0.244 e. The largest absolute Gasteiger partial charge is 0.357 e. The van der Waals surface area contributed by atoms with Crippen LogP contribution in [0, 0.1) is 0 Å². The standard InChI is InChI=1S/C20H33N5OS/c1-2-21-20(23-16-19(26)25-12-4-3-5-13-25)22-15-17(18-9-8-14-27-18)24-10-6-7-11-24/h8-9,14,17H,2-7,10-13,15-16H2,1H3,(H2,21,22,23). The first-order chi connectivity index (χ1) is 13.3. The monoisotopic (exact) mass is 391 g/mol. The Kier molecular flexibility index (Phi) is 7.95. The molecule has 0 bridgehead atoms. The maximum absolute atomic E-state index is 12.4. The number of nitrogens with zero attached hydrogens (tertiary/aromatic N) is 3. The van der Waals surface area contributed by atoms with E-state index in [0.717, 1.165) is 58.1 Å². The summed E-state index contributed by atoms with van der Waals surface area (Å²) >= 11 is 1.82. The molecule has 0 aromatic carbocycles. The van der Waals surface area contributed by atoms with E-state index < -0.39 is 0 Å². The Balaban J connectivity index is 1.57. The Labute approximate surface area is 167 Å². The van der Waals surface area contributed by atoms with Gasteiger partial charge < -0.3 is 15.5 Å². The maximum Gasteiger partial charge on any atom is 0.244 e. The average Bonchev–Trinajstić information content (AvgIpc) is 3.41. The van der Waals surface area contributed by atoms with E-state index >= 15 is 0 Å². The van der Waals surface area contributed by atoms with Gasteiger partial charge in [0.05, 0.1) is 6.04 Å². The van der Waals surface area contributed by atoms with Gasteiger partial charge in [0.15, 0.2) is 5.96 Å². The van der Waals surface area contributed by atoms with Gasteiger partial charge in [-0.1, -0.05) is 6.07 Å². The highest BCUT2D eigenvalue weighted by atomic mass is 32.1. The molecule has 1 atom stereocenters. The number of piperidine rings is 1. The Bertz CT molecular complexity index is 592. The lowest BCUT2D eigenvalue weighted by atomic mass is 10.1. The third-order valence-electron chi connectivity index (χ3n) is 5.34. The molecule has 6 nitrogen and oxygen atoms in total. The highest BCUT2D eigenvalue weighted by Gasteiger charge is 2.24. The van der Waals surface area contributed by atoms with Crippen LogP contribution in [0.3, 0.4) is 0 Å². The van der Waals surface area contributed by atoms with Gasteiger partial charge in [0.1, 0.15) is 6.54 Å². The second-order valence-electron chi connectivity index (χ2n) is 7.29. The topological polar surface area (TPSA) is 60.0 Å². The highest BCUT2D eigenvalue weighted by Crippen LogP contribution is 2.27. The van der Waals surface area contributed by atoms with Gasteiger partial charge in [-0.15, -0.1) is 11.3 Å². The van der Waals surface area contributed by atoms with E-state index in [2.05, 4.69) is 45.0 Å². The number of hydrogen-bond donors (Lipinski definition) is 2. The van der Waals surface area contributed by atoms with Crippen LogP contribution in [-0.2, 0) is 4.79 Å². The third kappa shape index (κ3) is 5.94. The second-order valence-corrected chi connectivity index (χ2v) is 8.27. The van der Waals surface area contributed by atoms with Crippen LogP contribution in [0.4, 0.5) is 0 Å². The van der Waals surface area contributed by atoms with Crippen molar-refractivity contribution < 1.29 is 4.79 Å². The lowest BCUT2D eigenvalue weighted by Gasteiger charge is -2.28.